The van der Waals surface area contributed by atoms with Crippen LogP contribution in [-0.4, -0.2) is 52.7 Å². The van der Waals surface area contributed by atoms with Crippen LogP contribution in [0.2, 0.25) is 0 Å². The van der Waals surface area contributed by atoms with E-state index in [9.17, 15) is 9.59 Å². The van der Waals surface area contributed by atoms with Gasteiger partial charge in [-0.15, -0.1) is 0 Å². The van der Waals surface area contributed by atoms with Crippen molar-refractivity contribution in [2.75, 3.05) is 19.7 Å². The summed E-state index contributed by atoms with van der Waals surface area (Å²) in [7, 11) is 2.07. The second-order valence-corrected chi connectivity index (χ2v) is 10.3. The Balaban J connectivity index is 1.06. The number of ketones is 1. The molecule has 192 valence electrons. The number of aryl methyl sites for hydroxylation is 1. The number of nitrogens with one attached hydrogen (secondary N) is 1. The van der Waals surface area contributed by atoms with Crippen LogP contribution in [0.15, 0.2) is 54.7 Å². The lowest BCUT2D eigenvalue weighted by Gasteiger charge is -2.51. The molecule has 1 atom stereocenters. The van der Waals surface area contributed by atoms with Crippen LogP contribution < -0.4 is 10.2 Å². The molecule has 1 N–H and O–H groups in total. The maximum absolute atomic E-state index is 13.1. The van der Waals surface area contributed by atoms with Gasteiger partial charge in [-0.05, 0) is 48.2 Å². The van der Waals surface area contributed by atoms with Crippen molar-refractivity contribution < 1.29 is 23.9 Å². The molecule has 0 bridgehead atoms. The van der Waals surface area contributed by atoms with Crippen LogP contribution in [0.25, 0.3) is 17.0 Å². The highest BCUT2D eigenvalue weighted by Gasteiger charge is 2.49. The van der Waals surface area contributed by atoms with Crippen molar-refractivity contribution in [1.82, 2.24) is 14.9 Å². The third-order valence-electron chi connectivity index (χ3n) is 7.37. The van der Waals surface area contributed by atoms with Gasteiger partial charge >= 0.3 is 0 Å². The minimum Gasteiger partial charge on any atom is -0.483 e. The second-order valence-electron chi connectivity index (χ2n) is 10.3. The molecule has 3 aliphatic rings. The highest BCUT2D eigenvalue weighted by molar-refractivity contribution is 6.01. The summed E-state index contributed by atoms with van der Waals surface area (Å²) < 4.78 is 14.0. The molecular weight excluding hydrogens is 470 g/mol. The number of rotatable bonds is 6. The number of likely N-dealkylation sites (tertiary alicyclic amines) is 1. The van der Waals surface area contributed by atoms with Crippen molar-refractivity contribution in [2.45, 2.75) is 44.1 Å². The predicted molar refractivity (Wildman–Crippen MR) is 139 cm³/mol. The van der Waals surface area contributed by atoms with Gasteiger partial charge in [0.1, 0.15) is 11.4 Å². The maximum atomic E-state index is 13.1. The Labute approximate surface area is 215 Å². The van der Waals surface area contributed by atoms with Gasteiger partial charge in [-0.3, -0.25) is 14.5 Å². The van der Waals surface area contributed by atoms with E-state index < -0.39 is 11.9 Å². The number of hydroxylamine groups is 1. The summed E-state index contributed by atoms with van der Waals surface area (Å²) in [6, 6.07) is 13.9. The summed E-state index contributed by atoms with van der Waals surface area (Å²) in [5, 5.41) is 1.26. The quantitative estimate of drug-likeness (QED) is 0.406. The summed E-state index contributed by atoms with van der Waals surface area (Å²) in [6.45, 7) is 2.91. The third-order valence-corrected chi connectivity index (χ3v) is 7.37. The zero-order chi connectivity index (χ0) is 25.4. The number of fused-ring (bicyclic) bond motifs is 2. The zero-order valence-corrected chi connectivity index (χ0v) is 20.9. The summed E-state index contributed by atoms with van der Waals surface area (Å²) in [6.07, 6.45) is 7.98. The van der Waals surface area contributed by atoms with E-state index in [2.05, 4.69) is 52.5 Å². The van der Waals surface area contributed by atoms with Crippen molar-refractivity contribution >= 4 is 28.7 Å². The first kappa shape index (κ1) is 23.9. The minimum absolute atomic E-state index is 0.0727. The van der Waals surface area contributed by atoms with E-state index in [4.69, 9.17) is 14.3 Å². The van der Waals surface area contributed by atoms with Gasteiger partial charge in [0.15, 0.2) is 12.1 Å². The maximum Gasteiger partial charge on any atom is 0.267 e. The number of aromatic nitrogens is 1. The summed E-state index contributed by atoms with van der Waals surface area (Å²) in [4.78, 5) is 32.8. The van der Waals surface area contributed by atoms with Gasteiger partial charge in [-0.1, -0.05) is 24.3 Å². The molecule has 2 aromatic carbocycles. The van der Waals surface area contributed by atoms with Crippen molar-refractivity contribution in [2.24, 2.45) is 7.05 Å². The number of carbonyl (C=O) groups is 2. The number of hydrogen-bond donors (Lipinski definition) is 1. The molecule has 0 radical (unpaired) electrons. The third kappa shape index (κ3) is 4.92. The SMILES string of the molecule is Cn1cc(CN2CC3(CC(=O)c4cc(C=CC(=O)NOC5CCCCO5)ccc4O3)C2)c2ccccc21. The average Bonchev–Trinajstić information content (AvgIpc) is 3.21. The number of hydrogen-bond acceptors (Lipinski definition) is 6. The highest BCUT2D eigenvalue weighted by atomic mass is 16.8. The smallest absolute Gasteiger partial charge is 0.267 e. The molecule has 1 aromatic heterocycles. The molecule has 8 nitrogen and oxygen atoms in total. The predicted octanol–water partition coefficient (Wildman–Crippen LogP) is 3.99. The minimum atomic E-state index is -0.468. The van der Waals surface area contributed by atoms with Crippen molar-refractivity contribution in [3.05, 3.63) is 71.4 Å². The fraction of sp³-hybridized carbons (Fsp3) is 0.379. The van der Waals surface area contributed by atoms with Gasteiger partial charge < -0.3 is 14.0 Å². The van der Waals surface area contributed by atoms with Gasteiger partial charge in [-0.2, -0.15) is 0 Å². The molecule has 4 heterocycles. The molecule has 2 saturated heterocycles. The zero-order valence-electron chi connectivity index (χ0n) is 20.9. The number of ether oxygens (including phenoxy) is 2. The molecule has 1 spiro atoms. The molecule has 3 aromatic rings. The van der Waals surface area contributed by atoms with Crippen LogP contribution in [0.5, 0.6) is 5.75 Å². The average molecular weight is 502 g/mol. The Morgan fingerprint density at radius 2 is 2.08 bits per heavy atom. The first-order valence-corrected chi connectivity index (χ1v) is 12.8. The number of Topliss-reactive ketones (excluding diaryl/α,β-unsaturated/α-hetero) is 1. The molecule has 1 unspecified atom stereocenters. The van der Waals surface area contributed by atoms with Crippen LogP contribution in [0.1, 0.15) is 47.2 Å². The Morgan fingerprint density at radius 1 is 1.22 bits per heavy atom. The number of carbonyl (C=O) groups excluding carboxylic acids is 2. The summed E-state index contributed by atoms with van der Waals surface area (Å²) in [5.74, 6) is 0.304. The van der Waals surface area contributed by atoms with E-state index >= 15 is 0 Å². The first-order valence-electron chi connectivity index (χ1n) is 12.8. The lowest BCUT2D eigenvalue weighted by molar-refractivity contribution is -0.198. The monoisotopic (exact) mass is 501 g/mol. The normalized spacial score (nSPS) is 21.1. The highest BCUT2D eigenvalue weighted by Crippen LogP contribution is 2.40. The van der Waals surface area contributed by atoms with Crippen molar-refractivity contribution in [3.8, 4) is 5.75 Å². The first-order chi connectivity index (χ1) is 18.0. The topological polar surface area (TPSA) is 82.0 Å². The van der Waals surface area contributed by atoms with Gasteiger partial charge in [0.05, 0.1) is 12.0 Å². The standard InChI is InChI=1S/C29H31N3O5/c1-31-16-21(22-6-2-3-7-24(22)31)17-32-18-29(19-32)15-25(33)23-14-20(9-11-26(23)36-29)10-12-27(34)30-37-28-8-4-5-13-35-28/h2-3,6-7,9-12,14,16,28H,4-5,8,13,15,17-19H2,1H3,(H,30,34). The van der Waals surface area contributed by atoms with E-state index in [0.717, 1.165) is 31.4 Å². The lowest BCUT2D eigenvalue weighted by Crippen LogP contribution is -2.66. The largest absolute Gasteiger partial charge is 0.483 e. The molecule has 0 saturated carbocycles. The Bertz CT molecular complexity index is 1370. The van der Waals surface area contributed by atoms with Crippen LogP contribution >= 0.6 is 0 Å². The Hall–Kier alpha value is -3.46. The van der Waals surface area contributed by atoms with Crippen LogP contribution in [0.4, 0.5) is 0 Å². The fourth-order valence-electron chi connectivity index (χ4n) is 5.60. The van der Waals surface area contributed by atoms with E-state index in [-0.39, 0.29) is 11.7 Å². The molecule has 0 aliphatic carbocycles. The number of amides is 1. The van der Waals surface area contributed by atoms with Crippen LogP contribution in [0.3, 0.4) is 0 Å². The molecule has 37 heavy (non-hydrogen) atoms. The van der Waals surface area contributed by atoms with Gasteiger partial charge in [0, 0.05) is 62.9 Å². The lowest BCUT2D eigenvalue weighted by atomic mass is 9.83. The number of benzene rings is 2. The van der Waals surface area contributed by atoms with Gasteiger partial charge in [-0.25, -0.2) is 10.3 Å². The molecule has 8 heteroatoms. The summed E-state index contributed by atoms with van der Waals surface area (Å²) >= 11 is 0. The fourth-order valence-corrected chi connectivity index (χ4v) is 5.60. The number of nitrogens with zero attached hydrogens (tertiary/aromatic N) is 2. The van der Waals surface area contributed by atoms with E-state index in [1.54, 1.807) is 12.1 Å². The summed E-state index contributed by atoms with van der Waals surface area (Å²) in [5.41, 5.74) is 5.76. The van der Waals surface area contributed by atoms with Gasteiger partial charge in [0.25, 0.3) is 5.91 Å². The Kier molecular flexibility index (Phi) is 6.32. The molecular formula is C29H31N3O5. The molecule has 6 rings (SSSR count). The molecule has 3 aliphatic heterocycles. The Morgan fingerprint density at radius 3 is 2.92 bits per heavy atom. The second kappa shape index (κ2) is 9.78. The van der Waals surface area contributed by atoms with E-state index in [1.165, 1.54) is 22.5 Å². The van der Waals surface area contributed by atoms with Crippen molar-refractivity contribution in [3.63, 3.8) is 0 Å². The van der Waals surface area contributed by atoms with E-state index in [0.29, 0.717) is 37.4 Å². The van der Waals surface area contributed by atoms with Crippen LogP contribution in [0, 0.1) is 0 Å². The molecule has 2 fully saturated rings. The van der Waals surface area contributed by atoms with E-state index in [1.807, 2.05) is 12.1 Å². The molecule has 1 amide bonds. The van der Waals surface area contributed by atoms with Crippen LogP contribution in [-0.2, 0) is 28.0 Å². The number of para-hydroxylation sites is 1. The van der Waals surface area contributed by atoms with Gasteiger partial charge in [0.2, 0.25) is 0 Å². The van der Waals surface area contributed by atoms with Crippen molar-refractivity contribution in [1.29, 1.82) is 0 Å².